The number of carbonyl (C=O) groups is 1. The fourth-order valence-corrected chi connectivity index (χ4v) is 1.53. The van der Waals surface area contributed by atoms with E-state index < -0.39 is 30.1 Å². The monoisotopic (exact) mass is 278 g/mol. The number of halogens is 4. The Hall–Kier alpha value is -1.66. The highest BCUT2D eigenvalue weighted by atomic mass is 19.4. The second-order valence-electron chi connectivity index (χ2n) is 4.04. The van der Waals surface area contributed by atoms with Gasteiger partial charge in [-0.25, -0.2) is 4.98 Å². The van der Waals surface area contributed by atoms with E-state index in [1.54, 1.807) is 6.92 Å². The average molecular weight is 278 g/mol. The summed E-state index contributed by atoms with van der Waals surface area (Å²) >= 11 is 0. The molecule has 0 atom stereocenters. The van der Waals surface area contributed by atoms with Crippen molar-refractivity contribution in [1.82, 2.24) is 9.88 Å². The molecule has 19 heavy (non-hydrogen) atoms. The molecule has 1 heterocycles. The van der Waals surface area contributed by atoms with E-state index in [0.29, 0.717) is 17.7 Å². The van der Waals surface area contributed by atoms with Crippen molar-refractivity contribution in [3.05, 3.63) is 29.8 Å². The summed E-state index contributed by atoms with van der Waals surface area (Å²) in [5, 5.41) is 0. The molecule has 0 aromatic carbocycles. The van der Waals surface area contributed by atoms with Gasteiger partial charge in [0.2, 0.25) is 5.95 Å². The van der Waals surface area contributed by atoms with E-state index >= 15 is 0 Å². The normalized spacial score (nSPS) is 11.4. The van der Waals surface area contributed by atoms with Crippen LogP contribution in [0.25, 0.3) is 0 Å². The minimum absolute atomic E-state index is 0.0663. The van der Waals surface area contributed by atoms with E-state index in [4.69, 9.17) is 0 Å². The molecule has 0 radical (unpaired) electrons. The van der Waals surface area contributed by atoms with Crippen molar-refractivity contribution in [2.45, 2.75) is 25.9 Å². The van der Waals surface area contributed by atoms with Gasteiger partial charge in [0.05, 0.1) is 5.56 Å². The van der Waals surface area contributed by atoms with E-state index in [1.165, 1.54) is 6.07 Å². The van der Waals surface area contributed by atoms with Crippen molar-refractivity contribution in [1.29, 1.82) is 0 Å². The number of amides is 1. The summed E-state index contributed by atoms with van der Waals surface area (Å²) in [5.74, 6) is -2.05. The molecule has 0 saturated heterocycles. The standard InChI is InChI=1S/C12H14F4N2O/c1-2-3-7-18(8-12(14,15)16)11(19)9-5-4-6-17-10(9)13/h4-6H,2-3,7-8H2,1H3. The molecule has 1 rings (SSSR count). The summed E-state index contributed by atoms with van der Waals surface area (Å²) in [6.07, 6.45) is -2.32. The molecular formula is C12H14F4N2O. The van der Waals surface area contributed by atoms with Gasteiger partial charge in [-0.2, -0.15) is 17.6 Å². The molecule has 0 N–H and O–H groups in total. The quantitative estimate of drug-likeness (QED) is 0.612. The Morgan fingerprint density at radius 3 is 2.63 bits per heavy atom. The third kappa shape index (κ3) is 4.84. The van der Waals surface area contributed by atoms with E-state index in [1.807, 2.05) is 0 Å². The Morgan fingerprint density at radius 2 is 2.11 bits per heavy atom. The number of pyridine rings is 1. The second kappa shape index (κ2) is 6.49. The second-order valence-corrected chi connectivity index (χ2v) is 4.04. The van der Waals surface area contributed by atoms with Crippen molar-refractivity contribution < 1.29 is 22.4 Å². The van der Waals surface area contributed by atoms with Crippen LogP contribution in [-0.2, 0) is 0 Å². The van der Waals surface area contributed by atoms with Gasteiger partial charge in [-0.15, -0.1) is 0 Å². The van der Waals surface area contributed by atoms with Gasteiger partial charge in [-0.3, -0.25) is 4.79 Å². The summed E-state index contributed by atoms with van der Waals surface area (Å²) in [6.45, 7) is 0.338. The first-order valence-electron chi connectivity index (χ1n) is 5.81. The molecule has 106 valence electrons. The van der Waals surface area contributed by atoms with Gasteiger partial charge in [-0.1, -0.05) is 13.3 Å². The van der Waals surface area contributed by atoms with E-state index in [2.05, 4.69) is 4.98 Å². The van der Waals surface area contributed by atoms with Gasteiger partial charge in [0.1, 0.15) is 6.54 Å². The van der Waals surface area contributed by atoms with Crippen LogP contribution in [0.3, 0.4) is 0 Å². The van der Waals surface area contributed by atoms with Crippen LogP contribution < -0.4 is 0 Å². The van der Waals surface area contributed by atoms with Crippen LogP contribution in [0, 0.1) is 5.95 Å². The number of hydrogen-bond donors (Lipinski definition) is 0. The summed E-state index contributed by atoms with van der Waals surface area (Å²) in [4.78, 5) is 15.8. The highest BCUT2D eigenvalue weighted by molar-refractivity contribution is 5.94. The minimum Gasteiger partial charge on any atom is -0.329 e. The Bertz CT molecular complexity index is 434. The number of rotatable bonds is 5. The summed E-state index contributed by atoms with van der Waals surface area (Å²) in [7, 11) is 0. The predicted molar refractivity (Wildman–Crippen MR) is 61.1 cm³/mol. The maximum atomic E-state index is 13.3. The number of aromatic nitrogens is 1. The highest BCUT2D eigenvalue weighted by Crippen LogP contribution is 2.19. The molecule has 0 saturated carbocycles. The van der Waals surface area contributed by atoms with Crippen LogP contribution in [0.2, 0.25) is 0 Å². The molecule has 0 bridgehead atoms. The van der Waals surface area contributed by atoms with Crippen molar-refractivity contribution in [2.24, 2.45) is 0 Å². The molecule has 0 aliphatic carbocycles. The summed E-state index contributed by atoms with van der Waals surface area (Å²) in [6, 6.07) is 2.43. The summed E-state index contributed by atoms with van der Waals surface area (Å²) < 4.78 is 50.5. The van der Waals surface area contributed by atoms with Crippen LogP contribution in [0.5, 0.6) is 0 Å². The first-order chi connectivity index (χ1) is 8.85. The van der Waals surface area contributed by atoms with Crippen LogP contribution in [0.1, 0.15) is 30.1 Å². The third-order valence-corrected chi connectivity index (χ3v) is 2.43. The predicted octanol–water partition coefficient (Wildman–Crippen LogP) is 3.03. The molecule has 0 fully saturated rings. The largest absolute Gasteiger partial charge is 0.406 e. The van der Waals surface area contributed by atoms with E-state index in [0.717, 1.165) is 12.3 Å². The van der Waals surface area contributed by atoms with Gasteiger partial charge in [-0.05, 0) is 18.6 Å². The van der Waals surface area contributed by atoms with Crippen LogP contribution >= 0.6 is 0 Å². The average Bonchev–Trinajstić information content (AvgIpc) is 2.33. The molecule has 3 nitrogen and oxygen atoms in total. The molecule has 1 amide bonds. The molecule has 1 aromatic heterocycles. The zero-order valence-electron chi connectivity index (χ0n) is 10.4. The van der Waals surface area contributed by atoms with Gasteiger partial charge in [0.25, 0.3) is 5.91 Å². The summed E-state index contributed by atoms with van der Waals surface area (Å²) in [5.41, 5.74) is -0.442. The van der Waals surface area contributed by atoms with Crippen molar-refractivity contribution in [3.8, 4) is 0 Å². The number of carbonyl (C=O) groups excluding carboxylic acids is 1. The first-order valence-corrected chi connectivity index (χ1v) is 5.81. The molecule has 0 unspecified atom stereocenters. The lowest BCUT2D eigenvalue weighted by molar-refractivity contribution is -0.140. The van der Waals surface area contributed by atoms with Gasteiger partial charge in [0.15, 0.2) is 0 Å². The van der Waals surface area contributed by atoms with Gasteiger partial charge in [0, 0.05) is 12.7 Å². The number of hydrogen-bond acceptors (Lipinski definition) is 2. The zero-order valence-corrected chi connectivity index (χ0v) is 10.4. The minimum atomic E-state index is -4.51. The molecule has 7 heteroatoms. The maximum absolute atomic E-state index is 13.3. The Morgan fingerprint density at radius 1 is 1.42 bits per heavy atom. The SMILES string of the molecule is CCCCN(CC(F)(F)F)C(=O)c1cccnc1F. The topological polar surface area (TPSA) is 33.2 Å². The maximum Gasteiger partial charge on any atom is 0.406 e. The van der Waals surface area contributed by atoms with Crippen LogP contribution in [0.15, 0.2) is 18.3 Å². The molecule has 0 aliphatic heterocycles. The lowest BCUT2D eigenvalue weighted by Gasteiger charge is -2.23. The Kier molecular flexibility index (Phi) is 5.26. The fourth-order valence-electron chi connectivity index (χ4n) is 1.53. The van der Waals surface area contributed by atoms with Crippen molar-refractivity contribution in [2.75, 3.05) is 13.1 Å². The lowest BCUT2D eigenvalue weighted by atomic mass is 10.2. The van der Waals surface area contributed by atoms with E-state index in [9.17, 15) is 22.4 Å². The fraction of sp³-hybridized carbons (Fsp3) is 0.500. The molecule has 0 aliphatic rings. The Labute approximate surface area is 108 Å². The lowest BCUT2D eigenvalue weighted by Crippen LogP contribution is -2.40. The molecular weight excluding hydrogens is 264 g/mol. The van der Waals surface area contributed by atoms with Crippen LogP contribution in [-0.4, -0.2) is 35.1 Å². The van der Waals surface area contributed by atoms with Crippen molar-refractivity contribution in [3.63, 3.8) is 0 Å². The van der Waals surface area contributed by atoms with Crippen molar-refractivity contribution >= 4 is 5.91 Å². The van der Waals surface area contributed by atoms with E-state index in [-0.39, 0.29) is 6.54 Å². The smallest absolute Gasteiger partial charge is 0.329 e. The number of nitrogens with zero attached hydrogens (tertiary/aromatic N) is 2. The van der Waals surface area contributed by atoms with Gasteiger partial charge >= 0.3 is 6.18 Å². The molecule has 0 spiro atoms. The van der Waals surface area contributed by atoms with Gasteiger partial charge < -0.3 is 4.90 Å². The Balaban J connectivity index is 2.91. The zero-order chi connectivity index (χ0) is 14.5. The number of alkyl halides is 3. The first kappa shape index (κ1) is 15.4. The molecule has 1 aromatic rings. The number of unbranched alkanes of at least 4 members (excludes halogenated alkanes) is 1. The van der Waals surface area contributed by atoms with Crippen LogP contribution in [0.4, 0.5) is 17.6 Å². The third-order valence-electron chi connectivity index (χ3n) is 2.43. The highest BCUT2D eigenvalue weighted by Gasteiger charge is 2.33.